The molecule has 1 aromatic carbocycles. The van der Waals surface area contributed by atoms with Crippen LogP contribution in [0.3, 0.4) is 0 Å². The smallest absolute Gasteiger partial charge is 0.294 e. The van der Waals surface area contributed by atoms with Crippen molar-refractivity contribution >= 4 is 22.3 Å². The number of hydrogen-bond acceptors (Lipinski definition) is 3. The molecule has 0 saturated heterocycles. The fourth-order valence-corrected chi connectivity index (χ4v) is 1.84. The van der Waals surface area contributed by atoms with E-state index in [1.54, 1.807) is 19.2 Å². The molecule has 106 valence electrons. The lowest BCUT2D eigenvalue weighted by molar-refractivity contribution is 0.483. The number of nitrogens with one attached hydrogen (secondary N) is 1. The van der Waals surface area contributed by atoms with Crippen molar-refractivity contribution in [2.45, 2.75) is 25.7 Å². The highest BCUT2D eigenvalue weighted by molar-refractivity contribution is 7.85. The molecule has 0 unspecified atom stereocenters. The molecule has 0 aliphatic heterocycles. The van der Waals surface area contributed by atoms with Crippen LogP contribution in [-0.4, -0.2) is 20.0 Å². The van der Waals surface area contributed by atoms with E-state index in [0.717, 1.165) is 11.3 Å². The topological polar surface area (TPSA) is 66.4 Å². The van der Waals surface area contributed by atoms with Crippen molar-refractivity contribution in [3.63, 3.8) is 0 Å². The molecule has 4 nitrogen and oxygen atoms in total. The second-order valence-corrected chi connectivity index (χ2v) is 4.97. The molecule has 5 heteroatoms. The summed E-state index contributed by atoms with van der Waals surface area (Å²) in [6.45, 7) is 9.51. The summed E-state index contributed by atoms with van der Waals surface area (Å²) in [5.74, 6) is 0. The van der Waals surface area contributed by atoms with Gasteiger partial charge in [0.25, 0.3) is 10.1 Å². The van der Waals surface area contributed by atoms with Crippen molar-refractivity contribution in [1.29, 1.82) is 0 Å². The lowest BCUT2D eigenvalue weighted by atomic mass is 10.1. The van der Waals surface area contributed by atoms with E-state index in [1.165, 1.54) is 12.1 Å². The maximum absolute atomic E-state index is 11.0. The SMILES string of the molecule is C=Cc1cc(S(=O)(=O)O)ccc1/C=C(\C)NC.CC. The van der Waals surface area contributed by atoms with Crippen LogP contribution in [0.4, 0.5) is 0 Å². The molecule has 0 aliphatic rings. The average molecular weight is 283 g/mol. The summed E-state index contributed by atoms with van der Waals surface area (Å²) in [5, 5.41) is 2.97. The van der Waals surface area contributed by atoms with E-state index in [2.05, 4.69) is 11.9 Å². The zero-order chi connectivity index (χ0) is 15.1. The Morgan fingerprint density at radius 3 is 2.32 bits per heavy atom. The molecular weight excluding hydrogens is 262 g/mol. The zero-order valence-corrected chi connectivity index (χ0v) is 12.6. The van der Waals surface area contributed by atoms with E-state index in [4.69, 9.17) is 4.55 Å². The second-order valence-electron chi connectivity index (χ2n) is 3.55. The van der Waals surface area contributed by atoms with Gasteiger partial charge in [-0.1, -0.05) is 32.6 Å². The van der Waals surface area contributed by atoms with Crippen molar-refractivity contribution in [3.8, 4) is 0 Å². The van der Waals surface area contributed by atoms with Crippen LogP contribution in [-0.2, 0) is 10.1 Å². The van der Waals surface area contributed by atoms with E-state index in [0.29, 0.717) is 5.56 Å². The highest BCUT2D eigenvalue weighted by Gasteiger charge is 2.10. The maximum Gasteiger partial charge on any atom is 0.294 e. The van der Waals surface area contributed by atoms with Gasteiger partial charge in [-0.05, 0) is 36.3 Å². The molecule has 1 rings (SSSR count). The summed E-state index contributed by atoms with van der Waals surface area (Å²) in [6, 6.07) is 4.37. The Hall–Kier alpha value is -1.59. The third-order valence-corrected chi connectivity index (χ3v) is 3.19. The van der Waals surface area contributed by atoms with Gasteiger partial charge in [-0.25, -0.2) is 0 Å². The van der Waals surface area contributed by atoms with Gasteiger partial charge in [-0.3, -0.25) is 4.55 Å². The van der Waals surface area contributed by atoms with Crippen molar-refractivity contribution in [1.82, 2.24) is 5.32 Å². The molecule has 0 bridgehead atoms. The van der Waals surface area contributed by atoms with Crippen molar-refractivity contribution in [3.05, 3.63) is 41.6 Å². The van der Waals surface area contributed by atoms with E-state index in [1.807, 2.05) is 26.8 Å². The zero-order valence-electron chi connectivity index (χ0n) is 11.8. The molecule has 2 N–H and O–H groups in total. The third-order valence-electron chi connectivity index (χ3n) is 2.34. The Morgan fingerprint density at radius 2 is 1.89 bits per heavy atom. The molecule has 19 heavy (non-hydrogen) atoms. The van der Waals surface area contributed by atoms with E-state index in [9.17, 15) is 8.42 Å². The van der Waals surface area contributed by atoms with Crippen LogP contribution in [0.1, 0.15) is 31.9 Å². The molecule has 0 radical (unpaired) electrons. The fraction of sp³-hybridized carbons (Fsp3) is 0.286. The number of rotatable bonds is 4. The lowest BCUT2D eigenvalue weighted by Gasteiger charge is -2.05. The van der Waals surface area contributed by atoms with Gasteiger partial charge in [0, 0.05) is 12.7 Å². The van der Waals surface area contributed by atoms with Gasteiger partial charge >= 0.3 is 0 Å². The summed E-state index contributed by atoms with van der Waals surface area (Å²) in [6.07, 6.45) is 3.41. The average Bonchev–Trinajstić information content (AvgIpc) is 2.40. The first-order chi connectivity index (χ1) is 8.88. The molecule has 0 heterocycles. The summed E-state index contributed by atoms with van der Waals surface area (Å²) in [4.78, 5) is -0.133. The monoisotopic (exact) mass is 283 g/mol. The summed E-state index contributed by atoms with van der Waals surface area (Å²) < 4.78 is 30.9. The minimum atomic E-state index is -4.17. The minimum absolute atomic E-state index is 0.133. The van der Waals surface area contributed by atoms with Gasteiger partial charge in [0.15, 0.2) is 0 Å². The van der Waals surface area contributed by atoms with Crippen LogP contribution in [0.2, 0.25) is 0 Å². The number of benzene rings is 1. The standard InChI is InChI=1S/C12H15NO3S.C2H6/c1-4-10-8-12(17(14,15)16)6-5-11(10)7-9(2)13-3;1-2/h4-8,13H,1H2,2-3H3,(H,14,15,16);1-2H3/b9-7+;. The van der Waals surface area contributed by atoms with Gasteiger partial charge in [0.2, 0.25) is 0 Å². The third kappa shape index (κ3) is 5.28. The Kier molecular flexibility index (Phi) is 7.11. The molecule has 0 saturated carbocycles. The molecule has 0 aliphatic carbocycles. The Bertz CT molecular complexity index is 560. The molecular formula is C14H21NO3S. The number of hydrogen-bond donors (Lipinski definition) is 2. The van der Waals surface area contributed by atoms with Crippen molar-refractivity contribution in [2.75, 3.05) is 7.05 Å². The Balaban J connectivity index is 0.00000154. The lowest BCUT2D eigenvalue weighted by Crippen LogP contribution is -2.02. The molecule has 0 spiro atoms. The van der Waals surface area contributed by atoms with Gasteiger partial charge < -0.3 is 5.32 Å². The van der Waals surface area contributed by atoms with Gasteiger partial charge in [0.05, 0.1) is 4.90 Å². The molecule has 0 fully saturated rings. The first kappa shape index (κ1) is 17.4. The van der Waals surface area contributed by atoms with Gasteiger partial charge in [-0.15, -0.1) is 0 Å². The first-order valence-corrected chi connectivity index (χ1v) is 7.42. The van der Waals surface area contributed by atoms with Crippen LogP contribution in [0, 0.1) is 0 Å². The van der Waals surface area contributed by atoms with Crippen molar-refractivity contribution in [2.24, 2.45) is 0 Å². The van der Waals surface area contributed by atoms with Gasteiger partial charge in [-0.2, -0.15) is 8.42 Å². The second kappa shape index (κ2) is 7.76. The van der Waals surface area contributed by atoms with Crippen LogP contribution < -0.4 is 5.32 Å². The summed E-state index contributed by atoms with van der Waals surface area (Å²) in [7, 11) is -2.37. The highest BCUT2D eigenvalue weighted by Crippen LogP contribution is 2.19. The van der Waals surface area contributed by atoms with Gasteiger partial charge in [0.1, 0.15) is 0 Å². The number of allylic oxidation sites excluding steroid dienone is 1. The van der Waals surface area contributed by atoms with Crippen LogP contribution in [0.5, 0.6) is 0 Å². The molecule has 0 aromatic heterocycles. The minimum Gasteiger partial charge on any atom is -0.392 e. The quantitative estimate of drug-likeness (QED) is 0.833. The van der Waals surface area contributed by atoms with E-state index in [-0.39, 0.29) is 4.90 Å². The van der Waals surface area contributed by atoms with Crippen LogP contribution in [0.25, 0.3) is 12.2 Å². The van der Waals surface area contributed by atoms with E-state index >= 15 is 0 Å². The molecule has 0 atom stereocenters. The normalized spacial score (nSPS) is 11.3. The molecule has 0 amide bonds. The maximum atomic E-state index is 11.0. The highest BCUT2D eigenvalue weighted by atomic mass is 32.2. The summed E-state index contributed by atoms with van der Waals surface area (Å²) in [5.41, 5.74) is 2.42. The fourth-order valence-electron chi connectivity index (χ4n) is 1.33. The van der Waals surface area contributed by atoms with Crippen LogP contribution >= 0.6 is 0 Å². The largest absolute Gasteiger partial charge is 0.392 e. The molecule has 1 aromatic rings. The van der Waals surface area contributed by atoms with Crippen molar-refractivity contribution < 1.29 is 13.0 Å². The predicted molar refractivity (Wildman–Crippen MR) is 80.4 cm³/mol. The summed E-state index contributed by atoms with van der Waals surface area (Å²) >= 11 is 0. The van der Waals surface area contributed by atoms with Crippen LogP contribution in [0.15, 0.2) is 35.4 Å². The Labute approximate surface area is 115 Å². The first-order valence-electron chi connectivity index (χ1n) is 5.98. The predicted octanol–water partition coefficient (Wildman–Crippen LogP) is 3.18. The Morgan fingerprint density at radius 1 is 1.32 bits per heavy atom. The van der Waals surface area contributed by atoms with E-state index < -0.39 is 10.1 Å².